The van der Waals surface area contributed by atoms with Crippen LogP contribution in [0.25, 0.3) is 21.7 Å². The lowest BCUT2D eigenvalue weighted by Crippen LogP contribution is -2.13. The number of rotatable bonds is 3. The topological polar surface area (TPSA) is 47.3 Å². The van der Waals surface area contributed by atoms with Crippen LogP contribution >= 0.6 is 15.9 Å². The number of fused-ring (bicyclic) bond motifs is 3. The minimum Gasteiger partial charge on any atom is -0.422 e. The highest BCUT2D eigenvalue weighted by Gasteiger charge is 2.13. The molecule has 4 aromatic rings. The molecule has 0 bridgehead atoms. The van der Waals surface area contributed by atoms with Gasteiger partial charge in [-0.25, -0.2) is 4.79 Å². The quantitative estimate of drug-likeness (QED) is 0.275. The third-order valence-electron chi connectivity index (χ3n) is 4.23. The molecule has 0 aliphatic heterocycles. The first-order valence-corrected chi connectivity index (χ1v) is 8.64. The van der Waals surface area contributed by atoms with E-state index in [4.69, 9.17) is 4.42 Å². The van der Waals surface area contributed by atoms with Gasteiger partial charge in [0.25, 0.3) is 0 Å². The largest absolute Gasteiger partial charge is 0.422 e. The molecule has 0 saturated heterocycles. The fraction of sp³-hybridized carbons (Fsp3) is 0.0476. The summed E-state index contributed by atoms with van der Waals surface area (Å²) in [6.07, 6.45) is 0.0170. The molecule has 3 nitrogen and oxygen atoms in total. The molecule has 1 heterocycles. The van der Waals surface area contributed by atoms with E-state index in [1.54, 1.807) is 24.3 Å². The Kier molecular flexibility index (Phi) is 3.98. The van der Waals surface area contributed by atoms with Gasteiger partial charge in [-0.2, -0.15) is 0 Å². The van der Waals surface area contributed by atoms with Crippen molar-refractivity contribution < 1.29 is 9.21 Å². The van der Waals surface area contributed by atoms with Gasteiger partial charge in [0.15, 0.2) is 5.78 Å². The molecule has 0 atom stereocenters. The summed E-state index contributed by atoms with van der Waals surface area (Å²) in [4.78, 5) is 24.7. The minimum absolute atomic E-state index is 0.0170. The minimum atomic E-state index is -0.465. The molecule has 0 amide bonds. The van der Waals surface area contributed by atoms with Crippen LogP contribution in [-0.4, -0.2) is 5.78 Å². The number of hydrogen-bond donors (Lipinski definition) is 0. The van der Waals surface area contributed by atoms with E-state index < -0.39 is 5.63 Å². The third kappa shape index (κ3) is 3.01. The summed E-state index contributed by atoms with van der Waals surface area (Å²) in [5, 5.41) is 2.91. The number of carbonyl (C=O) groups is 1. The Morgan fingerprint density at radius 1 is 0.920 bits per heavy atom. The van der Waals surface area contributed by atoms with Crippen LogP contribution in [0.1, 0.15) is 15.9 Å². The van der Waals surface area contributed by atoms with Crippen molar-refractivity contribution in [2.45, 2.75) is 6.42 Å². The van der Waals surface area contributed by atoms with Crippen LogP contribution < -0.4 is 5.63 Å². The van der Waals surface area contributed by atoms with Gasteiger partial charge < -0.3 is 4.42 Å². The molecule has 0 spiro atoms. The molecule has 0 radical (unpaired) electrons. The van der Waals surface area contributed by atoms with E-state index in [1.807, 2.05) is 42.5 Å². The Hall–Kier alpha value is -2.72. The molecule has 122 valence electrons. The van der Waals surface area contributed by atoms with Crippen LogP contribution in [0.2, 0.25) is 0 Å². The zero-order chi connectivity index (χ0) is 17.4. The third-order valence-corrected chi connectivity index (χ3v) is 4.76. The highest BCUT2D eigenvalue weighted by atomic mass is 79.9. The number of hydrogen-bond acceptors (Lipinski definition) is 3. The first kappa shape index (κ1) is 15.8. The Balaban J connectivity index is 1.80. The van der Waals surface area contributed by atoms with Gasteiger partial charge in [-0.05, 0) is 35.0 Å². The van der Waals surface area contributed by atoms with Crippen molar-refractivity contribution in [1.29, 1.82) is 0 Å². The monoisotopic (exact) mass is 392 g/mol. The SMILES string of the molecule is O=C(Cc1cc2c(ccc3ccccc32)oc1=O)c1ccc(Br)cc1. The molecule has 0 saturated carbocycles. The highest BCUT2D eigenvalue weighted by molar-refractivity contribution is 9.10. The van der Waals surface area contributed by atoms with E-state index in [1.165, 1.54) is 0 Å². The zero-order valence-corrected chi connectivity index (χ0v) is 14.7. The molecule has 3 aromatic carbocycles. The first-order valence-electron chi connectivity index (χ1n) is 7.85. The van der Waals surface area contributed by atoms with E-state index in [-0.39, 0.29) is 12.2 Å². The maximum Gasteiger partial charge on any atom is 0.339 e. The Morgan fingerprint density at radius 2 is 1.68 bits per heavy atom. The number of benzene rings is 3. The predicted molar refractivity (Wildman–Crippen MR) is 102 cm³/mol. The second-order valence-corrected chi connectivity index (χ2v) is 6.78. The molecule has 4 heteroatoms. The standard InChI is InChI=1S/C21H13BrO3/c22-16-8-5-14(6-9-16)19(23)12-15-11-18-17-4-2-1-3-13(17)7-10-20(18)25-21(15)24/h1-11H,12H2. The van der Waals surface area contributed by atoms with Gasteiger partial charge in [-0.1, -0.05) is 58.4 Å². The molecule has 0 N–H and O–H groups in total. The smallest absolute Gasteiger partial charge is 0.339 e. The molecule has 25 heavy (non-hydrogen) atoms. The highest BCUT2D eigenvalue weighted by Crippen LogP contribution is 2.25. The summed E-state index contributed by atoms with van der Waals surface area (Å²) in [6, 6.07) is 20.5. The fourth-order valence-electron chi connectivity index (χ4n) is 2.95. The summed E-state index contributed by atoms with van der Waals surface area (Å²) in [5.74, 6) is -0.112. The van der Waals surface area contributed by atoms with Gasteiger partial charge in [0.05, 0.1) is 0 Å². The van der Waals surface area contributed by atoms with Gasteiger partial charge in [0, 0.05) is 27.4 Å². The van der Waals surface area contributed by atoms with Crippen molar-refractivity contribution in [3.63, 3.8) is 0 Å². The summed E-state index contributed by atoms with van der Waals surface area (Å²) < 4.78 is 6.34. The second-order valence-electron chi connectivity index (χ2n) is 5.86. The molecule has 0 aliphatic rings. The summed E-state index contributed by atoms with van der Waals surface area (Å²) in [7, 11) is 0. The van der Waals surface area contributed by atoms with Crippen molar-refractivity contribution in [2.75, 3.05) is 0 Å². The summed E-state index contributed by atoms with van der Waals surface area (Å²) in [5.41, 5.74) is 1.01. The van der Waals surface area contributed by atoms with Gasteiger partial charge >= 0.3 is 5.63 Å². The maximum atomic E-state index is 12.5. The van der Waals surface area contributed by atoms with Crippen molar-refractivity contribution in [2.24, 2.45) is 0 Å². The lowest BCUT2D eigenvalue weighted by Gasteiger charge is -2.05. The molecule has 1 aromatic heterocycles. The Labute approximate surface area is 152 Å². The van der Waals surface area contributed by atoms with Gasteiger partial charge in [-0.3, -0.25) is 4.79 Å². The number of Topliss-reactive ketones (excluding diaryl/α,β-unsaturated/α-hetero) is 1. The van der Waals surface area contributed by atoms with Crippen molar-refractivity contribution in [3.8, 4) is 0 Å². The van der Waals surface area contributed by atoms with Crippen LogP contribution in [0.5, 0.6) is 0 Å². The molecule has 0 aliphatic carbocycles. The molecule has 4 rings (SSSR count). The average Bonchev–Trinajstić information content (AvgIpc) is 2.63. The second kappa shape index (κ2) is 6.30. The zero-order valence-electron chi connectivity index (χ0n) is 13.2. The van der Waals surface area contributed by atoms with Crippen LogP contribution in [0.3, 0.4) is 0 Å². The van der Waals surface area contributed by atoms with Gasteiger partial charge in [0.1, 0.15) is 5.58 Å². The summed E-state index contributed by atoms with van der Waals surface area (Å²) >= 11 is 3.35. The lowest BCUT2D eigenvalue weighted by atomic mass is 10.0. The maximum absolute atomic E-state index is 12.5. The Morgan fingerprint density at radius 3 is 2.48 bits per heavy atom. The molecule has 0 unspecified atom stereocenters. The molecule has 0 fully saturated rings. The van der Waals surface area contributed by atoms with Crippen molar-refractivity contribution in [1.82, 2.24) is 0 Å². The average molecular weight is 393 g/mol. The number of halogens is 1. The molecular formula is C21H13BrO3. The van der Waals surface area contributed by atoms with E-state index >= 15 is 0 Å². The van der Waals surface area contributed by atoms with E-state index in [0.29, 0.717) is 16.7 Å². The number of ketones is 1. The van der Waals surface area contributed by atoms with Crippen LogP contribution in [0.15, 0.2) is 80.4 Å². The van der Waals surface area contributed by atoms with Crippen molar-refractivity contribution in [3.05, 3.63) is 92.7 Å². The Bertz CT molecular complexity index is 1160. The fourth-order valence-corrected chi connectivity index (χ4v) is 3.21. The van der Waals surface area contributed by atoms with E-state index in [2.05, 4.69) is 15.9 Å². The van der Waals surface area contributed by atoms with Crippen LogP contribution in [0.4, 0.5) is 0 Å². The van der Waals surface area contributed by atoms with Crippen LogP contribution in [-0.2, 0) is 6.42 Å². The van der Waals surface area contributed by atoms with Gasteiger partial charge in [0.2, 0.25) is 0 Å². The number of carbonyl (C=O) groups excluding carboxylic acids is 1. The lowest BCUT2D eigenvalue weighted by molar-refractivity contribution is 0.0992. The molecular weight excluding hydrogens is 380 g/mol. The van der Waals surface area contributed by atoms with E-state index in [9.17, 15) is 9.59 Å². The predicted octanol–water partition coefficient (Wildman–Crippen LogP) is 5.13. The van der Waals surface area contributed by atoms with Gasteiger partial charge in [-0.15, -0.1) is 0 Å². The summed E-state index contributed by atoms with van der Waals surface area (Å²) in [6.45, 7) is 0. The van der Waals surface area contributed by atoms with E-state index in [0.717, 1.165) is 20.6 Å². The first-order chi connectivity index (χ1) is 12.1. The van der Waals surface area contributed by atoms with Crippen LogP contribution in [0, 0.1) is 0 Å². The van der Waals surface area contributed by atoms with Crippen molar-refractivity contribution >= 4 is 43.5 Å². The normalized spacial score (nSPS) is 11.1.